The van der Waals surface area contributed by atoms with E-state index in [1.165, 1.54) is 24.8 Å². The Balaban J connectivity index is 1.54. The zero-order valence-corrected chi connectivity index (χ0v) is 17.2. The lowest BCUT2D eigenvalue weighted by Gasteiger charge is -2.25. The third-order valence-electron chi connectivity index (χ3n) is 6.04. The van der Waals surface area contributed by atoms with Crippen LogP contribution in [0.4, 0.5) is 11.5 Å². The van der Waals surface area contributed by atoms with Gasteiger partial charge in [-0.05, 0) is 68.8 Å². The lowest BCUT2D eigenvalue weighted by Crippen LogP contribution is -2.37. The van der Waals surface area contributed by atoms with Crippen molar-refractivity contribution in [3.05, 3.63) is 47.2 Å². The Morgan fingerprint density at radius 1 is 1.20 bits per heavy atom. The van der Waals surface area contributed by atoms with Gasteiger partial charge in [-0.3, -0.25) is 0 Å². The molecule has 2 N–H and O–H groups in total. The second-order valence-corrected chi connectivity index (χ2v) is 8.35. The average Bonchev–Trinajstić information content (AvgIpc) is 3.11. The van der Waals surface area contributed by atoms with Gasteiger partial charge < -0.3 is 15.4 Å². The predicted molar refractivity (Wildman–Crippen MR) is 115 cm³/mol. The fraction of sp³-hybridized carbons (Fsp3) is 0.435. The van der Waals surface area contributed by atoms with Gasteiger partial charge in [-0.1, -0.05) is 6.42 Å². The number of aromatic nitrogens is 3. The monoisotopic (exact) mass is 402 g/mol. The predicted octanol–water partition coefficient (Wildman–Crippen LogP) is 4.05. The van der Waals surface area contributed by atoms with E-state index in [4.69, 9.17) is 9.72 Å². The number of aryl methyl sites for hydroxylation is 1. The molecule has 1 saturated carbocycles. The summed E-state index contributed by atoms with van der Waals surface area (Å²) in [5.41, 5.74) is 4.56. The maximum Gasteiger partial charge on any atom is 0.219 e. The van der Waals surface area contributed by atoms with E-state index >= 15 is 0 Å². The highest BCUT2D eigenvalue weighted by Gasteiger charge is 2.25. The molecule has 0 amide bonds. The van der Waals surface area contributed by atoms with Crippen LogP contribution in [0.2, 0.25) is 0 Å². The Labute approximate surface area is 176 Å². The lowest BCUT2D eigenvalue weighted by atomic mass is 9.81. The Kier molecular flexibility index (Phi) is 5.01. The molecule has 5 rings (SSSR count). The number of ether oxygens (including phenoxy) is 1. The number of piperidine rings is 1. The number of hydrogen-bond donors (Lipinski definition) is 2. The number of fused-ring (bicyclic) bond motifs is 1. The molecule has 154 valence electrons. The summed E-state index contributed by atoms with van der Waals surface area (Å²) in [6, 6.07) is 9.88. The van der Waals surface area contributed by atoms with Crippen molar-refractivity contribution in [3.63, 3.8) is 0 Å². The van der Waals surface area contributed by atoms with Crippen LogP contribution in [-0.4, -0.2) is 33.8 Å². The van der Waals surface area contributed by atoms with Crippen LogP contribution in [0.25, 0.3) is 5.65 Å². The van der Waals surface area contributed by atoms with Crippen LogP contribution < -0.4 is 15.4 Å². The second kappa shape index (κ2) is 7.96. The lowest BCUT2D eigenvalue weighted by molar-refractivity contribution is 0.161. The van der Waals surface area contributed by atoms with Crippen molar-refractivity contribution >= 4 is 17.2 Å². The summed E-state index contributed by atoms with van der Waals surface area (Å²) in [7, 11) is 0. The third kappa shape index (κ3) is 3.71. The molecule has 1 saturated heterocycles. The van der Waals surface area contributed by atoms with Crippen LogP contribution in [0.15, 0.2) is 30.5 Å². The van der Waals surface area contributed by atoms with E-state index in [-0.39, 0.29) is 6.10 Å². The molecule has 3 aromatic rings. The standard InChI is InChI=1S/C23H26N6O/c1-15-8-16(12-24)10-18(9-15)27-21-11-22(30-19-6-3-7-25-13-19)28-23-20(14-26-29(21)23)17-4-2-5-17/h8-11,14,17,19,25,27H,2-7,13H2,1H3. The summed E-state index contributed by atoms with van der Waals surface area (Å²) in [5, 5.41) is 20.8. The molecule has 1 aromatic carbocycles. The number of benzene rings is 1. The number of rotatable bonds is 5. The smallest absolute Gasteiger partial charge is 0.219 e. The van der Waals surface area contributed by atoms with E-state index in [1.54, 1.807) is 0 Å². The van der Waals surface area contributed by atoms with Crippen molar-refractivity contribution < 1.29 is 4.74 Å². The van der Waals surface area contributed by atoms with Gasteiger partial charge in [0.25, 0.3) is 0 Å². The van der Waals surface area contributed by atoms with Crippen molar-refractivity contribution in [3.8, 4) is 11.9 Å². The van der Waals surface area contributed by atoms with Gasteiger partial charge in [-0.25, -0.2) is 0 Å². The quantitative estimate of drug-likeness (QED) is 0.669. The van der Waals surface area contributed by atoms with Crippen molar-refractivity contribution in [2.24, 2.45) is 0 Å². The summed E-state index contributed by atoms with van der Waals surface area (Å²) >= 11 is 0. The summed E-state index contributed by atoms with van der Waals surface area (Å²) in [6.45, 7) is 3.87. The highest BCUT2D eigenvalue weighted by Crippen LogP contribution is 2.39. The zero-order valence-electron chi connectivity index (χ0n) is 17.2. The van der Waals surface area contributed by atoms with Crippen molar-refractivity contribution in [1.82, 2.24) is 19.9 Å². The highest BCUT2D eigenvalue weighted by atomic mass is 16.5. The Morgan fingerprint density at radius 2 is 2.10 bits per heavy atom. The minimum Gasteiger partial charge on any atom is -0.473 e. The van der Waals surface area contributed by atoms with Crippen LogP contribution in [0, 0.1) is 18.3 Å². The van der Waals surface area contributed by atoms with E-state index in [2.05, 4.69) is 21.8 Å². The van der Waals surface area contributed by atoms with Crippen molar-refractivity contribution in [2.75, 3.05) is 18.4 Å². The zero-order chi connectivity index (χ0) is 20.5. The molecule has 7 heteroatoms. The third-order valence-corrected chi connectivity index (χ3v) is 6.04. The van der Waals surface area contributed by atoms with E-state index in [0.29, 0.717) is 17.4 Å². The molecule has 1 aliphatic heterocycles. The van der Waals surface area contributed by atoms with E-state index in [1.807, 2.05) is 41.9 Å². The van der Waals surface area contributed by atoms with Crippen LogP contribution in [-0.2, 0) is 0 Å². The molecule has 0 radical (unpaired) electrons. The molecule has 2 aliphatic rings. The van der Waals surface area contributed by atoms with E-state index < -0.39 is 0 Å². The molecule has 30 heavy (non-hydrogen) atoms. The minimum atomic E-state index is 0.126. The molecule has 0 bridgehead atoms. The Hall–Kier alpha value is -3.11. The number of hydrogen-bond acceptors (Lipinski definition) is 6. The maximum absolute atomic E-state index is 9.32. The average molecular weight is 403 g/mol. The first-order chi connectivity index (χ1) is 14.7. The van der Waals surface area contributed by atoms with E-state index in [0.717, 1.165) is 48.6 Å². The largest absolute Gasteiger partial charge is 0.473 e. The Bertz CT molecular complexity index is 1100. The van der Waals surface area contributed by atoms with Gasteiger partial charge in [0.15, 0.2) is 5.65 Å². The Morgan fingerprint density at radius 3 is 2.83 bits per heavy atom. The molecule has 1 unspecified atom stereocenters. The molecule has 1 atom stereocenters. The molecule has 1 aliphatic carbocycles. The SMILES string of the molecule is Cc1cc(C#N)cc(Nc2cc(OC3CCCNC3)nc3c(C4CCC4)cnn23)c1. The number of nitrogens with one attached hydrogen (secondary N) is 2. The number of anilines is 2. The molecule has 3 heterocycles. The molecule has 7 nitrogen and oxygen atoms in total. The maximum atomic E-state index is 9.32. The van der Waals surface area contributed by atoms with Gasteiger partial charge in [-0.2, -0.15) is 19.9 Å². The first-order valence-electron chi connectivity index (χ1n) is 10.7. The van der Waals surface area contributed by atoms with Gasteiger partial charge in [-0.15, -0.1) is 0 Å². The topological polar surface area (TPSA) is 87.3 Å². The summed E-state index contributed by atoms with van der Waals surface area (Å²) in [6.07, 6.45) is 7.84. The summed E-state index contributed by atoms with van der Waals surface area (Å²) < 4.78 is 8.11. The highest BCUT2D eigenvalue weighted by molar-refractivity contribution is 5.65. The molecular weight excluding hydrogens is 376 g/mol. The minimum absolute atomic E-state index is 0.126. The normalized spacial score (nSPS) is 19.3. The fourth-order valence-corrected chi connectivity index (χ4v) is 4.27. The van der Waals surface area contributed by atoms with E-state index in [9.17, 15) is 5.26 Å². The van der Waals surface area contributed by atoms with Gasteiger partial charge >= 0.3 is 0 Å². The molecule has 2 aromatic heterocycles. The fourth-order valence-electron chi connectivity index (χ4n) is 4.27. The van der Waals surface area contributed by atoms with Crippen LogP contribution in [0.3, 0.4) is 0 Å². The molecule has 2 fully saturated rings. The number of nitriles is 1. The number of nitrogens with zero attached hydrogens (tertiary/aromatic N) is 4. The summed E-state index contributed by atoms with van der Waals surface area (Å²) in [4.78, 5) is 4.84. The van der Waals surface area contributed by atoms with Gasteiger partial charge in [0.2, 0.25) is 5.88 Å². The van der Waals surface area contributed by atoms with Crippen LogP contribution >= 0.6 is 0 Å². The van der Waals surface area contributed by atoms with Crippen molar-refractivity contribution in [1.29, 1.82) is 5.26 Å². The summed E-state index contributed by atoms with van der Waals surface area (Å²) in [5.74, 6) is 1.94. The molecule has 0 spiro atoms. The van der Waals surface area contributed by atoms with Gasteiger partial charge in [0, 0.05) is 23.9 Å². The second-order valence-electron chi connectivity index (χ2n) is 8.35. The van der Waals surface area contributed by atoms with Crippen molar-refractivity contribution in [2.45, 2.75) is 51.0 Å². The van der Waals surface area contributed by atoms with Gasteiger partial charge in [0.05, 0.1) is 17.8 Å². The van der Waals surface area contributed by atoms with Gasteiger partial charge in [0.1, 0.15) is 11.9 Å². The van der Waals surface area contributed by atoms with Crippen LogP contribution in [0.1, 0.15) is 54.7 Å². The molecular formula is C23H26N6O. The first-order valence-corrected chi connectivity index (χ1v) is 10.7. The first kappa shape index (κ1) is 18.9. The van der Waals surface area contributed by atoms with Crippen LogP contribution in [0.5, 0.6) is 5.88 Å².